The van der Waals surface area contributed by atoms with Crippen LogP contribution >= 0.6 is 23.2 Å². The van der Waals surface area contributed by atoms with Gasteiger partial charge in [-0.2, -0.15) is 0 Å². The van der Waals surface area contributed by atoms with Crippen molar-refractivity contribution in [1.29, 1.82) is 0 Å². The molecule has 0 radical (unpaired) electrons. The van der Waals surface area contributed by atoms with Crippen LogP contribution in [0.5, 0.6) is 11.5 Å². The van der Waals surface area contributed by atoms with E-state index in [1.54, 1.807) is 25.3 Å². The molecule has 6 nitrogen and oxygen atoms in total. The van der Waals surface area contributed by atoms with Crippen LogP contribution in [0.15, 0.2) is 66.7 Å². The summed E-state index contributed by atoms with van der Waals surface area (Å²) in [6, 6.07) is 20.7. The highest BCUT2D eigenvalue weighted by Crippen LogP contribution is 2.30. The van der Waals surface area contributed by atoms with Gasteiger partial charge in [0.25, 0.3) is 5.91 Å². The first-order valence-corrected chi connectivity index (χ1v) is 13.2. The second-order valence-corrected chi connectivity index (χ2v) is 9.76. The molecule has 1 fully saturated rings. The fraction of sp³-hybridized carbons (Fsp3) is 0.345. The Morgan fingerprint density at radius 1 is 0.973 bits per heavy atom. The van der Waals surface area contributed by atoms with Gasteiger partial charge >= 0.3 is 0 Å². The molecule has 0 unspecified atom stereocenters. The second kappa shape index (κ2) is 13.7. The summed E-state index contributed by atoms with van der Waals surface area (Å²) >= 11 is 12.5. The topological polar surface area (TPSA) is 51.2 Å². The minimum atomic E-state index is -0.132. The summed E-state index contributed by atoms with van der Waals surface area (Å²) in [7, 11) is 1.62. The monoisotopic (exact) mass is 542 g/mol. The van der Waals surface area contributed by atoms with Crippen LogP contribution in [0.1, 0.15) is 27.9 Å². The number of rotatable bonds is 11. The first-order chi connectivity index (χ1) is 18.0. The van der Waals surface area contributed by atoms with Crippen molar-refractivity contribution in [2.75, 3.05) is 46.5 Å². The lowest BCUT2D eigenvalue weighted by Crippen LogP contribution is -2.39. The predicted molar refractivity (Wildman–Crippen MR) is 147 cm³/mol. The molecule has 0 saturated carbocycles. The lowest BCUT2D eigenvalue weighted by molar-refractivity contribution is 0.0355. The summed E-state index contributed by atoms with van der Waals surface area (Å²) in [5, 5.41) is 0.842. The van der Waals surface area contributed by atoms with E-state index in [9.17, 15) is 4.79 Å². The molecule has 4 rings (SSSR count). The zero-order chi connectivity index (χ0) is 26.0. The number of amides is 1. The molecule has 1 aliphatic rings. The summed E-state index contributed by atoms with van der Waals surface area (Å²) in [6.07, 6.45) is 0.840. The first-order valence-electron chi connectivity index (χ1n) is 12.4. The molecule has 0 aromatic heterocycles. The fourth-order valence-corrected chi connectivity index (χ4v) is 4.77. The molecule has 0 bridgehead atoms. The van der Waals surface area contributed by atoms with Crippen LogP contribution in [-0.4, -0.2) is 62.2 Å². The van der Waals surface area contributed by atoms with E-state index in [-0.39, 0.29) is 5.91 Å². The molecule has 37 heavy (non-hydrogen) atoms. The van der Waals surface area contributed by atoms with E-state index in [0.29, 0.717) is 46.8 Å². The second-order valence-electron chi connectivity index (χ2n) is 8.92. The summed E-state index contributed by atoms with van der Waals surface area (Å²) in [5.41, 5.74) is 2.45. The SMILES string of the molecule is COc1cc(CN(CCCN2CCOCC2)C(=O)c2ccc(Cl)cc2Cl)ccc1OCc1ccccc1. The fourth-order valence-electron chi connectivity index (χ4n) is 4.28. The number of nitrogens with zero attached hydrogens (tertiary/aromatic N) is 2. The van der Waals surface area contributed by atoms with Crippen molar-refractivity contribution in [3.8, 4) is 11.5 Å². The maximum atomic E-state index is 13.6. The van der Waals surface area contributed by atoms with E-state index >= 15 is 0 Å². The van der Waals surface area contributed by atoms with Crippen molar-refractivity contribution < 1.29 is 19.0 Å². The average molecular weight is 543 g/mol. The van der Waals surface area contributed by atoms with Crippen molar-refractivity contribution in [1.82, 2.24) is 9.80 Å². The third-order valence-electron chi connectivity index (χ3n) is 6.29. The van der Waals surface area contributed by atoms with Crippen LogP contribution in [0, 0.1) is 0 Å². The van der Waals surface area contributed by atoms with Gasteiger partial charge in [0, 0.05) is 37.7 Å². The number of ether oxygens (including phenoxy) is 3. The van der Waals surface area contributed by atoms with E-state index in [2.05, 4.69) is 4.90 Å². The van der Waals surface area contributed by atoms with Crippen molar-refractivity contribution in [2.45, 2.75) is 19.6 Å². The van der Waals surface area contributed by atoms with Gasteiger partial charge in [-0.1, -0.05) is 59.6 Å². The zero-order valence-electron chi connectivity index (χ0n) is 21.0. The number of morpholine rings is 1. The van der Waals surface area contributed by atoms with Crippen LogP contribution in [0.2, 0.25) is 10.0 Å². The maximum Gasteiger partial charge on any atom is 0.255 e. The molecular weight excluding hydrogens is 511 g/mol. The molecule has 196 valence electrons. The number of carbonyl (C=O) groups excluding carboxylic acids is 1. The molecule has 0 spiro atoms. The predicted octanol–water partition coefficient (Wildman–Crippen LogP) is 5.95. The van der Waals surface area contributed by atoms with Gasteiger partial charge in [-0.05, 0) is 47.9 Å². The lowest BCUT2D eigenvalue weighted by atomic mass is 10.1. The number of hydrogen-bond acceptors (Lipinski definition) is 5. The van der Waals surface area contributed by atoms with Gasteiger partial charge in [-0.25, -0.2) is 0 Å². The normalized spacial score (nSPS) is 13.8. The molecule has 1 saturated heterocycles. The molecule has 1 amide bonds. The Hall–Kier alpha value is -2.77. The molecule has 1 heterocycles. The number of hydrogen-bond donors (Lipinski definition) is 0. The van der Waals surface area contributed by atoms with Crippen LogP contribution < -0.4 is 9.47 Å². The highest BCUT2D eigenvalue weighted by atomic mass is 35.5. The highest BCUT2D eigenvalue weighted by molar-refractivity contribution is 6.36. The Morgan fingerprint density at radius 2 is 1.76 bits per heavy atom. The standard InChI is InChI=1S/C29H32Cl2N2O4/c1-35-28-18-23(8-11-27(28)37-21-22-6-3-2-4-7-22)20-33(13-5-12-32-14-16-36-17-15-32)29(34)25-10-9-24(30)19-26(25)31/h2-4,6-11,18-19H,5,12-17,20-21H2,1H3. The summed E-state index contributed by atoms with van der Waals surface area (Å²) in [6.45, 7) is 5.68. The van der Waals surface area contributed by atoms with Gasteiger partial charge in [0.15, 0.2) is 11.5 Å². The molecule has 8 heteroatoms. The Morgan fingerprint density at radius 3 is 2.49 bits per heavy atom. The van der Waals surface area contributed by atoms with Gasteiger partial charge in [0.2, 0.25) is 0 Å². The van der Waals surface area contributed by atoms with E-state index in [0.717, 1.165) is 50.4 Å². The van der Waals surface area contributed by atoms with Crippen molar-refractivity contribution in [3.05, 3.63) is 93.5 Å². The number of benzene rings is 3. The Bertz CT molecular complexity index is 1170. The number of methoxy groups -OCH3 is 1. The van der Waals surface area contributed by atoms with Crippen molar-refractivity contribution in [3.63, 3.8) is 0 Å². The molecule has 1 aliphatic heterocycles. The molecule has 0 N–H and O–H groups in total. The molecule has 0 aliphatic carbocycles. The summed E-state index contributed by atoms with van der Waals surface area (Å²) < 4.78 is 17.1. The molecule has 0 atom stereocenters. The van der Waals surface area contributed by atoms with E-state index < -0.39 is 0 Å². The van der Waals surface area contributed by atoms with Gasteiger partial charge < -0.3 is 19.1 Å². The van der Waals surface area contributed by atoms with E-state index in [4.69, 9.17) is 37.4 Å². The van der Waals surface area contributed by atoms with Crippen LogP contribution in [0.25, 0.3) is 0 Å². The van der Waals surface area contributed by atoms with E-state index in [1.165, 1.54) is 0 Å². The van der Waals surface area contributed by atoms with Crippen LogP contribution in [0.3, 0.4) is 0 Å². The minimum Gasteiger partial charge on any atom is -0.493 e. The highest BCUT2D eigenvalue weighted by Gasteiger charge is 2.20. The Kier molecular flexibility index (Phi) is 10.1. The lowest BCUT2D eigenvalue weighted by Gasteiger charge is -2.28. The average Bonchev–Trinajstić information content (AvgIpc) is 2.92. The van der Waals surface area contributed by atoms with Crippen molar-refractivity contribution >= 4 is 29.1 Å². The summed E-state index contributed by atoms with van der Waals surface area (Å²) in [5.74, 6) is 1.15. The van der Waals surface area contributed by atoms with Crippen LogP contribution in [0.4, 0.5) is 0 Å². The summed E-state index contributed by atoms with van der Waals surface area (Å²) in [4.78, 5) is 17.7. The van der Waals surface area contributed by atoms with Gasteiger partial charge in [0.05, 0.1) is 30.9 Å². The molecular formula is C29H32Cl2N2O4. The van der Waals surface area contributed by atoms with Crippen LogP contribution in [-0.2, 0) is 17.9 Å². The quantitative estimate of drug-likeness (QED) is 0.300. The first kappa shape index (κ1) is 27.3. The Balaban J connectivity index is 1.48. The molecule has 3 aromatic rings. The number of halogens is 2. The van der Waals surface area contributed by atoms with Gasteiger partial charge in [-0.15, -0.1) is 0 Å². The smallest absolute Gasteiger partial charge is 0.255 e. The van der Waals surface area contributed by atoms with Gasteiger partial charge in [-0.3, -0.25) is 9.69 Å². The molecule has 3 aromatic carbocycles. The third-order valence-corrected chi connectivity index (χ3v) is 6.84. The van der Waals surface area contributed by atoms with E-state index in [1.807, 2.05) is 53.4 Å². The Labute approximate surface area is 228 Å². The van der Waals surface area contributed by atoms with Crippen molar-refractivity contribution in [2.24, 2.45) is 0 Å². The third kappa shape index (κ3) is 7.86. The number of carbonyl (C=O) groups is 1. The zero-order valence-corrected chi connectivity index (χ0v) is 22.5. The van der Waals surface area contributed by atoms with Gasteiger partial charge in [0.1, 0.15) is 6.61 Å². The minimum absolute atomic E-state index is 0.132. The largest absolute Gasteiger partial charge is 0.493 e. The maximum absolute atomic E-state index is 13.6.